The highest BCUT2D eigenvalue weighted by atomic mass is 35.5. The number of anilines is 1. The van der Waals surface area contributed by atoms with Gasteiger partial charge in [-0.15, -0.1) is 6.42 Å². The number of benzene rings is 3. The second-order valence-electron chi connectivity index (χ2n) is 7.49. The molecule has 0 N–H and O–H groups in total. The summed E-state index contributed by atoms with van der Waals surface area (Å²) in [4.78, 5) is 20.4. The maximum atomic E-state index is 13.5. The number of aryl methyl sites for hydroxylation is 2. The van der Waals surface area contributed by atoms with Crippen molar-refractivity contribution in [1.82, 2.24) is 0 Å². The summed E-state index contributed by atoms with van der Waals surface area (Å²) < 4.78 is 5.64. The Labute approximate surface area is 202 Å². The van der Waals surface area contributed by atoms with Crippen molar-refractivity contribution in [2.24, 2.45) is 4.99 Å². The van der Waals surface area contributed by atoms with Gasteiger partial charge in [-0.2, -0.15) is 0 Å². The van der Waals surface area contributed by atoms with Crippen LogP contribution in [0.4, 0.5) is 11.4 Å². The number of terminal acetylenes is 1. The minimum atomic E-state index is -0.169. The highest BCUT2D eigenvalue weighted by molar-refractivity contribution is 8.19. The Kier molecular flexibility index (Phi) is 6.88. The third kappa shape index (κ3) is 5.31. The van der Waals surface area contributed by atoms with Gasteiger partial charge in [-0.05, 0) is 74.1 Å². The van der Waals surface area contributed by atoms with Gasteiger partial charge in [-0.25, -0.2) is 4.99 Å². The standard InChI is InChI=1S/C27H21ClN2O2S/c1-4-15-32-24-14-9-21(28)16-20(24)17-25-26(31)30(23-12-7-19(3)8-13-23)27(33-25)29-22-10-5-18(2)6-11-22/h1,5-14,16-17H,15H2,2-3H3/b25-17-,29-27?. The van der Waals surface area contributed by atoms with Crippen molar-refractivity contribution in [3.63, 3.8) is 0 Å². The average molecular weight is 473 g/mol. The van der Waals surface area contributed by atoms with E-state index in [1.807, 2.05) is 62.4 Å². The maximum absolute atomic E-state index is 13.5. The van der Waals surface area contributed by atoms with Crippen molar-refractivity contribution in [3.05, 3.63) is 93.3 Å². The van der Waals surface area contributed by atoms with Crippen molar-refractivity contribution in [2.45, 2.75) is 13.8 Å². The third-order valence-electron chi connectivity index (χ3n) is 4.93. The molecule has 164 valence electrons. The minimum absolute atomic E-state index is 0.120. The van der Waals surface area contributed by atoms with Gasteiger partial charge < -0.3 is 4.74 Å². The third-order valence-corrected chi connectivity index (χ3v) is 6.13. The first kappa shape index (κ1) is 22.7. The van der Waals surface area contributed by atoms with E-state index < -0.39 is 0 Å². The minimum Gasteiger partial charge on any atom is -0.480 e. The molecule has 4 nitrogen and oxygen atoms in total. The molecule has 33 heavy (non-hydrogen) atoms. The lowest BCUT2D eigenvalue weighted by Crippen LogP contribution is -2.28. The largest absolute Gasteiger partial charge is 0.480 e. The van der Waals surface area contributed by atoms with Crippen LogP contribution in [0.2, 0.25) is 5.02 Å². The number of thioether (sulfide) groups is 1. The van der Waals surface area contributed by atoms with Crippen molar-refractivity contribution >= 4 is 51.9 Å². The van der Waals surface area contributed by atoms with Crippen LogP contribution in [0.5, 0.6) is 5.75 Å². The molecule has 1 amide bonds. The van der Waals surface area contributed by atoms with Gasteiger partial charge in [0, 0.05) is 10.6 Å². The Morgan fingerprint density at radius 3 is 2.39 bits per heavy atom. The van der Waals surface area contributed by atoms with Crippen LogP contribution in [-0.2, 0) is 4.79 Å². The predicted octanol–water partition coefficient (Wildman–Crippen LogP) is 6.78. The zero-order valence-corrected chi connectivity index (χ0v) is 19.8. The number of nitrogens with zero attached hydrogens (tertiary/aromatic N) is 2. The summed E-state index contributed by atoms with van der Waals surface area (Å²) in [5.74, 6) is 2.85. The fourth-order valence-corrected chi connectivity index (χ4v) is 4.40. The lowest BCUT2D eigenvalue weighted by molar-refractivity contribution is -0.113. The fraction of sp³-hybridized carbons (Fsp3) is 0.111. The number of hydrogen-bond acceptors (Lipinski definition) is 4. The van der Waals surface area contributed by atoms with Crippen LogP contribution in [-0.4, -0.2) is 17.7 Å². The van der Waals surface area contributed by atoms with Gasteiger partial charge in [0.05, 0.1) is 16.3 Å². The molecule has 1 saturated heterocycles. The van der Waals surface area contributed by atoms with E-state index in [1.54, 1.807) is 29.2 Å². The summed E-state index contributed by atoms with van der Waals surface area (Å²) in [7, 11) is 0. The normalized spacial score (nSPS) is 15.8. The molecule has 1 heterocycles. The summed E-state index contributed by atoms with van der Waals surface area (Å²) in [5, 5.41) is 1.11. The second kappa shape index (κ2) is 9.99. The van der Waals surface area contributed by atoms with Crippen LogP contribution in [0.1, 0.15) is 16.7 Å². The average Bonchev–Trinajstić information content (AvgIpc) is 3.10. The maximum Gasteiger partial charge on any atom is 0.271 e. The zero-order chi connectivity index (χ0) is 23.4. The Hall–Kier alpha value is -3.46. The molecular formula is C27H21ClN2O2S. The molecule has 4 rings (SSSR count). The number of rotatable bonds is 5. The van der Waals surface area contributed by atoms with Crippen LogP contribution in [0.3, 0.4) is 0 Å². The lowest BCUT2D eigenvalue weighted by atomic mass is 10.1. The Balaban J connectivity index is 1.78. The van der Waals surface area contributed by atoms with Crippen molar-refractivity contribution in [2.75, 3.05) is 11.5 Å². The van der Waals surface area contributed by atoms with E-state index in [0.29, 0.717) is 26.4 Å². The number of amidine groups is 1. The van der Waals surface area contributed by atoms with Gasteiger partial charge in [0.15, 0.2) is 5.17 Å². The molecule has 3 aromatic carbocycles. The summed E-state index contributed by atoms with van der Waals surface area (Å²) in [5.41, 5.74) is 4.46. The Morgan fingerprint density at radius 1 is 1.06 bits per heavy atom. The zero-order valence-electron chi connectivity index (χ0n) is 18.2. The van der Waals surface area contributed by atoms with Crippen LogP contribution in [0.15, 0.2) is 76.6 Å². The molecule has 0 bridgehead atoms. The highest BCUT2D eigenvalue weighted by Crippen LogP contribution is 2.38. The van der Waals surface area contributed by atoms with E-state index in [2.05, 4.69) is 5.92 Å². The molecule has 1 aliphatic heterocycles. The summed E-state index contributed by atoms with van der Waals surface area (Å²) in [6, 6.07) is 20.9. The second-order valence-corrected chi connectivity index (χ2v) is 8.94. The van der Waals surface area contributed by atoms with Crippen LogP contribution in [0, 0.1) is 26.2 Å². The molecule has 1 fully saturated rings. The molecule has 1 aliphatic rings. The Morgan fingerprint density at radius 2 is 1.73 bits per heavy atom. The number of ether oxygens (including phenoxy) is 1. The molecule has 0 radical (unpaired) electrons. The Bertz CT molecular complexity index is 1290. The molecule has 6 heteroatoms. The molecular weight excluding hydrogens is 452 g/mol. The summed E-state index contributed by atoms with van der Waals surface area (Å²) in [6.45, 7) is 4.15. The SMILES string of the molecule is C#CCOc1ccc(Cl)cc1/C=C1\SC(=Nc2ccc(C)cc2)N(c2ccc(C)cc2)C1=O. The van der Waals surface area contributed by atoms with Crippen molar-refractivity contribution in [3.8, 4) is 18.1 Å². The number of carbonyl (C=O) groups excluding carboxylic acids is 1. The quantitative estimate of drug-likeness (QED) is 0.303. The molecule has 0 atom stereocenters. The van der Waals surface area contributed by atoms with Gasteiger partial charge in [0.1, 0.15) is 12.4 Å². The van der Waals surface area contributed by atoms with Crippen LogP contribution < -0.4 is 9.64 Å². The molecule has 0 unspecified atom stereocenters. The number of halogens is 1. The van der Waals surface area contributed by atoms with E-state index in [-0.39, 0.29) is 12.5 Å². The molecule has 0 spiro atoms. The van der Waals surface area contributed by atoms with E-state index in [0.717, 1.165) is 22.5 Å². The first-order chi connectivity index (χ1) is 15.9. The van der Waals surface area contributed by atoms with E-state index in [4.69, 9.17) is 27.8 Å². The number of aliphatic imine (C=N–C) groups is 1. The first-order valence-corrected chi connectivity index (χ1v) is 11.5. The van der Waals surface area contributed by atoms with Crippen LogP contribution >= 0.6 is 23.4 Å². The van der Waals surface area contributed by atoms with Crippen molar-refractivity contribution in [1.29, 1.82) is 0 Å². The fourth-order valence-electron chi connectivity index (χ4n) is 3.22. The molecule has 3 aromatic rings. The summed E-state index contributed by atoms with van der Waals surface area (Å²) in [6.07, 6.45) is 7.11. The number of carbonyl (C=O) groups is 1. The predicted molar refractivity (Wildman–Crippen MR) is 138 cm³/mol. The number of amides is 1. The number of hydrogen-bond donors (Lipinski definition) is 0. The van der Waals surface area contributed by atoms with E-state index in [9.17, 15) is 4.79 Å². The van der Waals surface area contributed by atoms with Crippen LogP contribution in [0.25, 0.3) is 6.08 Å². The highest BCUT2D eigenvalue weighted by Gasteiger charge is 2.35. The van der Waals surface area contributed by atoms with Gasteiger partial charge >= 0.3 is 0 Å². The lowest BCUT2D eigenvalue weighted by Gasteiger charge is -2.16. The molecule has 0 aliphatic carbocycles. The molecule has 0 saturated carbocycles. The van der Waals surface area contributed by atoms with E-state index in [1.165, 1.54) is 11.8 Å². The monoisotopic (exact) mass is 472 g/mol. The van der Waals surface area contributed by atoms with Gasteiger partial charge in [0.2, 0.25) is 0 Å². The topological polar surface area (TPSA) is 41.9 Å². The van der Waals surface area contributed by atoms with Crippen molar-refractivity contribution < 1.29 is 9.53 Å². The van der Waals surface area contributed by atoms with Gasteiger partial charge in [0.25, 0.3) is 5.91 Å². The van der Waals surface area contributed by atoms with E-state index >= 15 is 0 Å². The molecule has 0 aromatic heterocycles. The smallest absolute Gasteiger partial charge is 0.271 e. The first-order valence-electron chi connectivity index (χ1n) is 10.3. The van der Waals surface area contributed by atoms with Gasteiger partial charge in [-0.3, -0.25) is 9.69 Å². The van der Waals surface area contributed by atoms with Gasteiger partial charge in [-0.1, -0.05) is 52.9 Å². The summed E-state index contributed by atoms with van der Waals surface area (Å²) >= 11 is 7.52.